The number of benzene rings is 1. The molecular formula is C16H25NO2. The molecule has 1 saturated heterocycles. The summed E-state index contributed by atoms with van der Waals surface area (Å²) in [6, 6.07) is 10.2. The van der Waals surface area contributed by atoms with E-state index in [4.69, 9.17) is 0 Å². The molecule has 1 fully saturated rings. The summed E-state index contributed by atoms with van der Waals surface area (Å²) in [5, 5.41) is 19.1. The zero-order valence-electron chi connectivity index (χ0n) is 11.8. The van der Waals surface area contributed by atoms with Crippen molar-refractivity contribution in [2.75, 3.05) is 32.8 Å². The molecule has 19 heavy (non-hydrogen) atoms. The quantitative estimate of drug-likeness (QED) is 0.849. The van der Waals surface area contributed by atoms with E-state index >= 15 is 0 Å². The normalized spacial score (nSPS) is 24.1. The molecule has 2 atom stereocenters. The lowest BCUT2D eigenvalue weighted by molar-refractivity contribution is 0.0847. The van der Waals surface area contributed by atoms with Crippen LogP contribution in [0.15, 0.2) is 30.3 Å². The number of nitrogens with zero attached hydrogens (tertiary/aromatic N) is 1. The van der Waals surface area contributed by atoms with Crippen molar-refractivity contribution in [3.63, 3.8) is 0 Å². The van der Waals surface area contributed by atoms with E-state index in [0.29, 0.717) is 5.92 Å². The lowest BCUT2D eigenvalue weighted by atomic mass is 9.82. The molecule has 106 valence electrons. The van der Waals surface area contributed by atoms with Crippen molar-refractivity contribution in [3.8, 4) is 0 Å². The minimum absolute atomic E-state index is 0.150. The summed E-state index contributed by atoms with van der Waals surface area (Å²) in [5.41, 5.74) is 0.960. The predicted octanol–water partition coefficient (Wildman–Crippen LogP) is 1.64. The Hall–Kier alpha value is -0.900. The van der Waals surface area contributed by atoms with Crippen LogP contribution in [0.3, 0.4) is 0 Å². The largest absolute Gasteiger partial charge is 0.396 e. The van der Waals surface area contributed by atoms with Crippen LogP contribution in [0.25, 0.3) is 0 Å². The second-order valence-electron chi connectivity index (χ2n) is 6.01. The van der Waals surface area contributed by atoms with Crippen LogP contribution in [0.5, 0.6) is 0 Å². The summed E-state index contributed by atoms with van der Waals surface area (Å²) in [6.07, 6.45) is 2.26. The fourth-order valence-corrected chi connectivity index (χ4v) is 3.01. The number of aliphatic hydroxyl groups excluding tert-OH is 2. The van der Waals surface area contributed by atoms with E-state index in [1.807, 2.05) is 18.2 Å². The molecule has 2 N–H and O–H groups in total. The average molecular weight is 263 g/mol. The van der Waals surface area contributed by atoms with Gasteiger partial charge in [-0.15, -0.1) is 0 Å². The highest BCUT2D eigenvalue weighted by atomic mass is 16.3. The summed E-state index contributed by atoms with van der Waals surface area (Å²) in [4.78, 5) is 2.38. The SMILES string of the molecule is CC(CO)(CN1CCCC(CO)C1)c1ccccc1. The van der Waals surface area contributed by atoms with Crippen molar-refractivity contribution in [3.05, 3.63) is 35.9 Å². The van der Waals surface area contributed by atoms with E-state index in [1.54, 1.807) is 0 Å². The van der Waals surface area contributed by atoms with Crippen LogP contribution in [0.2, 0.25) is 0 Å². The molecule has 0 amide bonds. The third-order valence-corrected chi connectivity index (χ3v) is 4.25. The van der Waals surface area contributed by atoms with Crippen LogP contribution >= 0.6 is 0 Å². The van der Waals surface area contributed by atoms with Crippen LogP contribution in [-0.2, 0) is 5.41 Å². The van der Waals surface area contributed by atoms with Gasteiger partial charge in [-0.3, -0.25) is 0 Å². The van der Waals surface area contributed by atoms with Crippen molar-refractivity contribution < 1.29 is 10.2 Å². The highest BCUT2D eigenvalue weighted by Crippen LogP contribution is 2.26. The number of aliphatic hydroxyl groups is 2. The molecule has 3 heteroatoms. The Morgan fingerprint density at radius 2 is 2.00 bits per heavy atom. The van der Waals surface area contributed by atoms with Gasteiger partial charge in [0.25, 0.3) is 0 Å². The molecule has 2 rings (SSSR count). The minimum atomic E-state index is -0.224. The molecule has 1 aliphatic heterocycles. The monoisotopic (exact) mass is 263 g/mol. The highest BCUT2D eigenvalue weighted by molar-refractivity contribution is 5.25. The van der Waals surface area contributed by atoms with Crippen molar-refractivity contribution in [1.29, 1.82) is 0 Å². The summed E-state index contributed by atoms with van der Waals surface area (Å²) in [7, 11) is 0. The zero-order valence-corrected chi connectivity index (χ0v) is 11.8. The maximum atomic E-state index is 9.82. The lowest BCUT2D eigenvalue weighted by Crippen LogP contribution is -2.46. The van der Waals surface area contributed by atoms with Crippen LogP contribution in [0.1, 0.15) is 25.3 Å². The van der Waals surface area contributed by atoms with Crippen LogP contribution in [0, 0.1) is 5.92 Å². The topological polar surface area (TPSA) is 43.7 Å². The fraction of sp³-hybridized carbons (Fsp3) is 0.625. The average Bonchev–Trinajstić information content (AvgIpc) is 2.48. The number of hydrogen-bond donors (Lipinski definition) is 2. The molecule has 0 saturated carbocycles. The molecule has 1 aromatic carbocycles. The Kier molecular flexibility index (Phi) is 4.97. The molecule has 0 bridgehead atoms. The van der Waals surface area contributed by atoms with Crippen LogP contribution in [0.4, 0.5) is 0 Å². The van der Waals surface area contributed by atoms with Gasteiger partial charge >= 0.3 is 0 Å². The predicted molar refractivity (Wildman–Crippen MR) is 77.1 cm³/mol. The Bertz CT molecular complexity index is 382. The molecule has 1 heterocycles. The number of hydrogen-bond acceptors (Lipinski definition) is 3. The van der Waals surface area contributed by atoms with E-state index in [-0.39, 0.29) is 18.6 Å². The van der Waals surface area contributed by atoms with Gasteiger partial charge in [-0.2, -0.15) is 0 Å². The van der Waals surface area contributed by atoms with Gasteiger partial charge in [0, 0.05) is 25.1 Å². The fourth-order valence-electron chi connectivity index (χ4n) is 3.01. The molecule has 3 nitrogen and oxygen atoms in total. The Morgan fingerprint density at radius 3 is 2.63 bits per heavy atom. The Morgan fingerprint density at radius 1 is 1.26 bits per heavy atom. The van der Waals surface area contributed by atoms with E-state index < -0.39 is 0 Å². The maximum Gasteiger partial charge on any atom is 0.0537 e. The lowest BCUT2D eigenvalue weighted by Gasteiger charge is -2.38. The van der Waals surface area contributed by atoms with Crippen molar-refractivity contribution in [1.82, 2.24) is 4.90 Å². The van der Waals surface area contributed by atoms with Gasteiger partial charge in [0.15, 0.2) is 0 Å². The first-order valence-electron chi connectivity index (χ1n) is 7.17. The Labute approximate surface area is 115 Å². The molecule has 2 unspecified atom stereocenters. The number of rotatable bonds is 5. The van der Waals surface area contributed by atoms with E-state index in [2.05, 4.69) is 24.0 Å². The number of likely N-dealkylation sites (tertiary alicyclic amines) is 1. The first-order valence-corrected chi connectivity index (χ1v) is 7.17. The zero-order chi connectivity index (χ0) is 13.7. The molecule has 0 radical (unpaired) electrons. The molecule has 0 aromatic heterocycles. The second-order valence-corrected chi connectivity index (χ2v) is 6.01. The third kappa shape index (κ3) is 3.56. The summed E-state index contributed by atoms with van der Waals surface area (Å²) in [5.74, 6) is 0.396. The minimum Gasteiger partial charge on any atom is -0.396 e. The van der Waals surface area contributed by atoms with Gasteiger partial charge in [-0.1, -0.05) is 37.3 Å². The van der Waals surface area contributed by atoms with Gasteiger partial charge in [0.2, 0.25) is 0 Å². The molecule has 1 aliphatic rings. The first kappa shape index (κ1) is 14.5. The van der Waals surface area contributed by atoms with Gasteiger partial charge in [0.05, 0.1) is 6.61 Å². The highest BCUT2D eigenvalue weighted by Gasteiger charge is 2.30. The van der Waals surface area contributed by atoms with Gasteiger partial charge in [0.1, 0.15) is 0 Å². The Balaban J connectivity index is 2.06. The van der Waals surface area contributed by atoms with Crippen LogP contribution in [-0.4, -0.2) is 48.0 Å². The summed E-state index contributed by atoms with van der Waals surface area (Å²) in [6.45, 7) is 5.40. The van der Waals surface area contributed by atoms with Crippen molar-refractivity contribution >= 4 is 0 Å². The maximum absolute atomic E-state index is 9.82. The van der Waals surface area contributed by atoms with Crippen molar-refractivity contribution in [2.24, 2.45) is 5.92 Å². The van der Waals surface area contributed by atoms with Gasteiger partial charge in [-0.05, 0) is 30.9 Å². The van der Waals surface area contributed by atoms with Gasteiger partial charge < -0.3 is 15.1 Å². The second kappa shape index (κ2) is 6.51. The summed E-state index contributed by atoms with van der Waals surface area (Å²) >= 11 is 0. The van der Waals surface area contributed by atoms with Gasteiger partial charge in [-0.25, -0.2) is 0 Å². The smallest absolute Gasteiger partial charge is 0.0537 e. The molecule has 1 aromatic rings. The first-order chi connectivity index (χ1) is 9.18. The molecular weight excluding hydrogens is 238 g/mol. The third-order valence-electron chi connectivity index (χ3n) is 4.25. The standard InChI is InChI=1S/C16H25NO2/c1-16(13-19,15-7-3-2-4-8-15)12-17-9-5-6-14(10-17)11-18/h2-4,7-8,14,18-19H,5-6,9-13H2,1H3. The molecule has 0 aliphatic carbocycles. The van der Waals surface area contributed by atoms with E-state index in [9.17, 15) is 10.2 Å². The van der Waals surface area contributed by atoms with Crippen LogP contribution < -0.4 is 0 Å². The van der Waals surface area contributed by atoms with E-state index in [1.165, 1.54) is 5.56 Å². The number of piperidine rings is 1. The van der Waals surface area contributed by atoms with E-state index in [0.717, 1.165) is 32.5 Å². The molecule has 0 spiro atoms. The van der Waals surface area contributed by atoms with Crippen molar-refractivity contribution in [2.45, 2.75) is 25.2 Å². The summed E-state index contributed by atoms with van der Waals surface area (Å²) < 4.78 is 0.